The molecule has 0 bridgehead atoms. The summed E-state index contributed by atoms with van der Waals surface area (Å²) in [5.74, 6) is -5.54. The first-order valence-electron chi connectivity index (χ1n) is 13.4. The van der Waals surface area contributed by atoms with Crippen LogP contribution in [0, 0.1) is 29.1 Å². The second-order valence-electron chi connectivity index (χ2n) is 11.0. The number of hydrogen-bond donors (Lipinski definition) is 2. The van der Waals surface area contributed by atoms with Gasteiger partial charge in [0.1, 0.15) is 0 Å². The van der Waals surface area contributed by atoms with E-state index in [1.165, 1.54) is 11.0 Å². The molecular formula is C30H29N3O7. The van der Waals surface area contributed by atoms with Crippen molar-refractivity contribution in [3.8, 4) is 11.5 Å². The third-order valence-corrected chi connectivity index (χ3v) is 9.13. The van der Waals surface area contributed by atoms with Crippen molar-refractivity contribution in [3.05, 3.63) is 65.7 Å². The number of likely N-dealkylation sites (tertiary alicyclic amines) is 1. The van der Waals surface area contributed by atoms with Crippen LogP contribution >= 0.6 is 0 Å². The molecule has 0 aromatic heterocycles. The van der Waals surface area contributed by atoms with Gasteiger partial charge in [-0.1, -0.05) is 35.9 Å². The number of amides is 6. The molecule has 2 saturated heterocycles. The quantitative estimate of drug-likeness (QED) is 0.445. The highest BCUT2D eigenvalue weighted by atomic mass is 16.5. The van der Waals surface area contributed by atoms with E-state index >= 15 is 0 Å². The molecule has 6 atom stereocenters. The Hall–Kier alpha value is -4.47. The Labute approximate surface area is 230 Å². The first-order chi connectivity index (χ1) is 19.1. The summed E-state index contributed by atoms with van der Waals surface area (Å²) in [5.41, 5.74) is 6.02. The Morgan fingerprint density at radius 3 is 2.45 bits per heavy atom. The minimum atomic E-state index is -1.22. The van der Waals surface area contributed by atoms with Crippen molar-refractivity contribution in [3.63, 3.8) is 0 Å². The normalized spacial score (nSPS) is 31.1. The molecule has 6 amide bonds. The van der Waals surface area contributed by atoms with Crippen LogP contribution in [0.3, 0.4) is 0 Å². The first-order valence-corrected chi connectivity index (χ1v) is 13.4. The molecular weight excluding hydrogens is 514 g/mol. The highest BCUT2D eigenvalue weighted by Gasteiger charge is 2.67. The van der Waals surface area contributed by atoms with Crippen molar-refractivity contribution in [2.75, 3.05) is 11.5 Å². The summed E-state index contributed by atoms with van der Waals surface area (Å²) in [4.78, 5) is 68.5. The van der Waals surface area contributed by atoms with Gasteiger partial charge in [0, 0.05) is 5.92 Å². The lowest BCUT2D eigenvalue weighted by Crippen LogP contribution is -2.49. The van der Waals surface area contributed by atoms with Gasteiger partial charge in [-0.15, -0.1) is 0 Å². The number of carbonyl (C=O) groups excluding carboxylic acids is 5. The number of anilines is 1. The Balaban J connectivity index is 1.54. The van der Waals surface area contributed by atoms with E-state index in [9.17, 15) is 29.1 Å². The number of carbonyl (C=O) groups is 5. The van der Waals surface area contributed by atoms with Gasteiger partial charge in [-0.05, 0) is 62.4 Å². The molecule has 3 fully saturated rings. The average molecular weight is 544 g/mol. The van der Waals surface area contributed by atoms with Gasteiger partial charge in [0.15, 0.2) is 11.5 Å². The molecule has 10 heteroatoms. The molecule has 0 radical (unpaired) electrons. The summed E-state index contributed by atoms with van der Waals surface area (Å²) in [6.07, 6.45) is 2.24. The number of nitrogens with two attached hydrogens (primary N) is 1. The number of primary amides is 1. The molecule has 2 aliphatic carbocycles. The van der Waals surface area contributed by atoms with Crippen molar-refractivity contribution < 1.29 is 33.8 Å². The number of nitrogens with zero attached hydrogens (tertiary/aromatic N) is 2. The number of ether oxygens (including phenoxy) is 1. The zero-order chi connectivity index (χ0) is 28.5. The molecule has 6 rings (SSSR count). The van der Waals surface area contributed by atoms with Crippen LogP contribution in [0.1, 0.15) is 38.2 Å². The van der Waals surface area contributed by atoms with E-state index in [4.69, 9.17) is 10.5 Å². The fraction of sp³-hybridized carbons (Fsp3) is 0.367. The van der Waals surface area contributed by atoms with E-state index in [0.717, 1.165) is 5.57 Å². The van der Waals surface area contributed by atoms with Crippen molar-refractivity contribution >= 4 is 35.3 Å². The van der Waals surface area contributed by atoms with E-state index < -0.39 is 52.8 Å². The summed E-state index contributed by atoms with van der Waals surface area (Å²) in [6, 6.07) is 12.4. The predicted octanol–water partition coefficient (Wildman–Crippen LogP) is 3.10. The van der Waals surface area contributed by atoms with Gasteiger partial charge in [-0.2, -0.15) is 4.90 Å². The number of imide groups is 4. The fourth-order valence-corrected chi connectivity index (χ4v) is 7.42. The van der Waals surface area contributed by atoms with Crippen LogP contribution < -0.4 is 15.4 Å². The standard InChI is InChI=1S/C30H29N3O7/c1-3-40-22-13-15(9-12-21(22)34)24-17-10-11-18-23(27(37)33(25(18)35)29(31)39)19(17)14-20-26(36)32(28(38)30(20,24)2)16-7-5-4-6-8-16/h4-10,12-13,18-20,23-24,34H,3,11,14H2,1-2H3,(H2,31,39). The minimum Gasteiger partial charge on any atom is -0.504 e. The third kappa shape index (κ3) is 3.38. The molecule has 4 aliphatic rings. The van der Waals surface area contributed by atoms with Gasteiger partial charge >= 0.3 is 6.03 Å². The number of aromatic hydroxyl groups is 1. The fourth-order valence-electron chi connectivity index (χ4n) is 7.42. The lowest BCUT2D eigenvalue weighted by atomic mass is 9.51. The second-order valence-corrected chi connectivity index (χ2v) is 11.0. The molecule has 3 N–H and O–H groups in total. The van der Waals surface area contributed by atoms with Gasteiger partial charge in [-0.3, -0.25) is 19.2 Å². The summed E-state index contributed by atoms with van der Waals surface area (Å²) < 4.78 is 5.64. The SMILES string of the molecule is CCOc1cc(C2C3=CCC4C(=O)N(C(N)=O)C(=O)C4C3CC3C(=O)N(c4ccccc4)C(=O)C32C)ccc1O. The topological polar surface area (TPSA) is 147 Å². The monoisotopic (exact) mass is 543 g/mol. The summed E-state index contributed by atoms with van der Waals surface area (Å²) >= 11 is 0. The van der Waals surface area contributed by atoms with Crippen molar-refractivity contribution in [1.82, 2.24) is 4.90 Å². The molecule has 40 heavy (non-hydrogen) atoms. The van der Waals surface area contributed by atoms with Crippen LogP contribution in [-0.4, -0.2) is 46.3 Å². The number of fused-ring (bicyclic) bond motifs is 4. The van der Waals surface area contributed by atoms with Gasteiger partial charge in [0.05, 0.1) is 35.5 Å². The highest BCUT2D eigenvalue weighted by Crippen LogP contribution is 2.63. The molecule has 2 aromatic carbocycles. The van der Waals surface area contributed by atoms with Crippen LogP contribution in [-0.2, 0) is 19.2 Å². The molecule has 2 heterocycles. The molecule has 2 aromatic rings. The largest absolute Gasteiger partial charge is 0.504 e. The van der Waals surface area contributed by atoms with E-state index in [-0.39, 0.29) is 36.2 Å². The number of rotatable bonds is 4. The number of allylic oxidation sites excluding steroid dienone is 2. The third-order valence-electron chi connectivity index (χ3n) is 9.13. The summed E-state index contributed by atoms with van der Waals surface area (Å²) in [7, 11) is 0. The zero-order valence-electron chi connectivity index (χ0n) is 22.1. The molecule has 10 nitrogen and oxygen atoms in total. The van der Waals surface area contributed by atoms with E-state index in [1.807, 2.05) is 6.08 Å². The number of benzene rings is 2. The average Bonchev–Trinajstić information content (AvgIpc) is 3.30. The van der Waals surface area contributed by atoms with Crippen LogP contribution in [0.2, 0.25) is 0 Å². The van der Waals surface area contributed by atoms with Crippen LogP contribution in [0.15, 0.2) is 60.2 Å². The Morgan fingerprint density at radius 2 is 1.77 bits per heavy atom. The van der Waals surface area contributed by atoms with Gasteiger partial charge in [0.25, 0.3) is 0 Å². The van der Waals surface area contributed by atoms with Gasteiger partial charge in [-0.25, -0.2) is 9.69 Å². The molecule has 6 unspecified atom stereocenters. The molecule has 1 saturated carbocycles. The Kier molecular flexibility index (Phi) is 5.83. The van der Waals surface area contributed by atoms with Crippen molar-refractivity contribution in [1.29, 1.82) is 0 Å². The van der Waals surface area contributed by atoms with Crippen LogP contribution in [0.25, 0.3) is 0 Å². The Morgan fingerprint density at radius 1 is 1.05 bits per heavy atom. The van der Waals surface area contributed by atoms with E-state index in [0.29, 0.717) is 22.8 Å². The minimum absolute atomic E-state index is 0.0641. The van der Waals surface area contributed by atoms with Crippen LogP contribution in [0.5, 0.6) is 11.5 Å². The number of hydrogen-bond acceptors (Lipinski definition) is 7. The molecule has 0 spiro atoms. The number of para-hydroxylation sites is 1. The maximum absolute atomic E-state index is 14.3. The van der Waals surface area contributed by atoms with Crippen molar-refractivity contribution in [2.24, 2.45) is 34.8 Å². The highest BCUT2D eigenvalue weighted by molar-refractivity contribution is 6.24. The zero-order valence-corrected chi connectivity index (χ0v) is 22.1. The number of phenolic OH excluding ortho intramolecular Hbond substituents is 1. The summed E-state index contributed by atoms with van der Waals surface area (Å²) in [5, 5.41) is 10.4. The van der Waals surface area contributed by atoms with Crippen LogP contribution in [0.4, 0.5) is 10.5 Å². The Bertz CT molecular complexity index is 1500. The van der Waals surface area contributed by atoms with Gasteiger partial charge < -0.3 is 15.6 Å². The first kappa shape index (κ1) is 25.8. The predicted molar refractivity (Wildman–Crippen MR) is 142 cm³/mol. The lowest BCUT2D eigenvalue weighted by Gasteiger charge is -2.49. The van der Waals surface area contributed by atoms with Gasteiger partial charge in [0.2, 0.25) is 23.6 Å². The molecule has 2 aliphatic heterocycles. The lowest BCUT2D eigenvalue weighted by molar-refractivity contribution is -0.136. The van der Waals surface area contributed by atoms with E-state index in [2.05, 4.69) is 0 Å². The number of urea groups is 1. The number of phenols is 1. The summed E-state index contributed by atoms with van der Waals surface area (Å²) in [6.45, 7) is 3.86. The van der Waals surface area contributed by atoms with Crippen molar-refractivity contribution in [2.45, 2.75) is 32.6 Å². The maximum Gasteiger partial charge on any atom is 0.328 e. The smallest absolute Gasteiger partial charge is 0.328 e. The second kappa shape index (κ2) is 9.04. The molecule has 206 valence electrons. The maximum atomic E-state index is 14.3. The van der Waals surface area contributed by atoms with E-state index in [1.54, 1.807) is 56.3 Å².